The molecule has 3 aromatic rings. The second-order valence-corrected chi connectivity index (χ2v) is 16.0. The summed E-state index contributed by atoms with van der Waals surface area (Å²) in [5.41, 5.74) is 4.82. The molecule has 3 aromatic carbocycles. The van der Waals surface area contributed by atoms with Gasteiger partial charge in [0.2, 0.25) is 5.82 Å². The van der Waals surface area contributed by atoms with Gasteiger partial charge in [0.1, 0.15) is 27.5 Å². The van der Waals surface area contributed by atoms with Crippen LogP contribution in [0.2, 0.25) is 0 Å². The summed E-state index contributed by atoms with van der Waals surface area (Å²) in [6.45, 7) is 13.7. The van der Waals surface area contributed by atoms with Crippen LogP contribution in [0.25, 0.3) is 0 Å². The van der Waals surface area contributed by atoms with E-state index in [4.69, 9.17) is 0 Å². The Morgan fingerprint density at radius 2 is 0.772 bits per heavy atom. The highest BCUT2D eigenvalue weighted by Crippen LogP contribution is 2.31. The van der Waals surface area contributed by atoms with Gasteiger partial charge < -0.3 is 15.3 Å². The van der Waals surface area contributed by atoms with E-state index in [0.717, 1.165) is 93.7 Å². The van der Waals surface area contributed by atoms with E-state index >= 15 is 0 Å². The Balaban J connectivity index is 1.87. The Morgan fingerprint density at radius 3 is 1.07 bits per heavy atom. The first-order chi connectivity index (χ1) is 27.7. The van der Waals surface area contributed by atoms with Crippen molar-refractivity contribution in [2.24, 2.45) is 48.4 Å². The maximum absolute atomic E-state index is 11.2. The monoisotopic (exact) mass is 794 g/mol. The van der Waals surface area contributed by atoms with Crippen molar-refractivity contribution >= 4 is 10.2 Å². The molecule has 3 atom stereocenters. The molecule has 3 unspecified atom stereocenters. The third kappa shape index (κ3) is 15.9. The molecule has 0 saturated carbocycles. The predicted molar refractivity (Wildman–Crippen MR) is 234 cm³/mol. The first-order valence-corrected chi connectivity index (χ1v) is 22.2. The fourth-order valence-corrected chi connectivity index (χ4v) is 7.44. The van der Waals surface area contributed by atoms with Crippen LogP contribution in [0, 0.1) is 17.8 Å². The lowest BCUT2D eigenvalue weighted by Gasteiger charge is -2.16. The van der Waals surface area contributed by atoms with Crippen molar-refractivity contribution in [3.05, 3.63) is 99.1 Å². The molecule has 3 rings (SSSR count). The Morgan fingerprint density at radius 1 is 0.474 bits per heavy atom. The third-order valence-corrected chi connectivity index (χ3v) is 11.5. The van der Waals surface area contributed by atoms with Crippen molar-refractivity contribution in [1.29, 1.82) is 0 Å². The van der Waals surface area contributed by atoms with Gasteiger partial charge in [-0.15, -0.1) is 10.2 Å². The average molecular weight is 794 g/mol. The molecule has 0 saturated heterocycles. The van der Waals surface area contributed by atoms with Crippen molar-refractivity contribution < 1.29 is 15.3 Å². The van der Waals surface area contributed by atoms with Gasteiger partial charge in [-0.2, -0.15) is 20.5 Å². The standard InChI is InChI=1S/C47H69N6O3Si/c1-7-13-19-34(10-4)28-37-22-16-25-40(43(37)54)31-48-51-46(52-49-32-41-26-17-23-38(44(41)55)29-35(11-5)20-14-8-2)47(57)53-50-33-42-27-18-24-39(45(42)56)30-36(12-6)21-15-9-3/h16-18,22-27,34-36,54-56H,7-15,19-21,28-33H2,1-6H3. The molecule has 0 aliphatic heterocycles. The predicted octanol–water partition coefficient (Wildman–Crippen LogP) is 13.6. The van der Waals surface area contributed by atoms with Crippen LogP contribution in [-0.2, 0) is 38.9 Å². The van der Waals surface area contributed by atoms with Crippen LogP contribution in [0.3, 0.4) is 0 Å². The fourth-order valence-electron chi connectivity index (χ4n) is 7.27. The molecule has 309 valence electrons. The van der Waals surface area contributed by atoms with E-state index in [2.05, 4.69) is 82.5 Å². The average Bonchev–Trinajstić information content (AvgIpc) is 3.22. The van der Waals surface area contributed by atoms with E-state index in [1.54, 1.807) is 0 Å². The fraction of sp³-hybridized carbons (Fsp3) is 0.574. The van der Waals surface area contributed by atoms with Gasteiger partial charge in [-0.3, -0.25) is 0 Å². The van der Waals surface area contributed by atoms with Crippen LogP contribution >= 0.6 is 0 Å². The second kappa shape index (κ2) is 26.7. The SMILES string of the molecule is CCCCC(CC)Cc1cccc(CN=NC([Si])=C(N=NCc2cccc(CC(CC)CCCC)c2O)N=NCc2cccc(CC(CC)CCCC)c2O)c1O. The van der Waals surface area contributed by atoms with E-state index in [9.17, 15) is 15.3 Å². The number of benzene rings is 3. The highest BCUT2D eigenvalue weighted by molar-refractivity contribution is 6.21. The van der Waals surface area contributed by atoms with Crippen molar-refractivity contribution in [2.75, 3.05) is 0 Å². The van der Waals surface area contributed by atoms with E-state index in [1.165, 1.54) is 19.3 Å². The maximum atomic E-state index is 11.2. The summed E-state index contributed by atoms with van der Waals surface area (Å²) < 4.78 is 0. The number of unbranched alkanes of at least 4 members (excludes halogenated alkanes) is 3. The van der Waals surface area contributed by atoms with Crippen LogP contribution in [0.5, 0.6) is 17.2 Å². The normalized spacial score (nSPS) is 13.5. The molecule has 0 heterocycles. The lowest BCUT2D eigenvalue weighted by molar-refractivity contribution is 0.423. The Bertz CT molecular complexity index is 1680. The van der Waals surface area contributed by atoms with Crippen LogP contribution in [0.4, 0.5) is 0 Å². The molecule has 0 aliphatic carbocycles. The molecule has 3 N–H and O–H groups in total. The maximum Gasteiger partial charge on any atom is 0.213 e. The number of rotatable bonds is 27. The molecule has 0 aliphatic rings. The van der Waals surface area contributed by atoms with Gasteiger partial charge in [0.15, 0.2) is 0 Å². The number of nitrogens with zero attached hydrogens (tertiary/aromatic N) is 6. The van der Waals surface area contributed by atoms with Gasteiger partial charge >= 0.3 is 0 Å². The number of para-hydroxylation sites is 3. The quantitative estimate of drug-likeness (QED) is 0.0524. The van der Waals surface area contributed by atoms with Crippen LogP contribution in [0.1, 0.15) is 152 Å². The molecule has 0 aromatic heterocycles. The topological polar surface area (TPSA) is 135 Å². The van der Waals surface area contributed by atoms with Gasteiger partial charge in [0, 0.05) is 16.7 Å². The molecule has 0 fully saturated rings. The second-order valence-electron chi connectivity index (χ2n) is 15.5. The molecule has 0 spiro atoms. The summed E-state index contributed by atoms with van der Waals surface area (Å²) in [5.74, 6) is 2.42. The molecule has 0 bridgehead atoms. The Labute approximate surface area is 346 Å². The van der Waals surface area contributed by atoms with Gasteiger partial charge in [-0.25, -0.2) is 0 Å². The summed E-state index contributed by atoms with van der Waals surface area (Å²) in [7, 11) is 3.57. The minimum absolute atomic E-state index is 0.0950. The van der Waals surface area contributed by atoms with Gasteiger partial charge in [0.25, 0.3) is 0 Å². The molecule has 10 heteroatoms. The lowest BCUT2D eigenvalue weighted by atomic mass is 9.91. The zero-order valence-electron chi connectivity index (χ0n) is 35.7. The summed E-state index contributed by atoms with van der Waals surface area (Å²) in [6.07, 6.45) is 16.1. The van der Waals surface area contributed by atoms with Crippen molar-refractivity contribution in [3.63, 3.8) is 0 Å². The zero-order valence-corrected chi connectivity index (χ0v) is 36.7. The van der Waals surface area contributed by atoms with Gasteiger partial charge in [0.05, 0.1) is 25.0 Å². The molecule has 57 heavy (non-hydrogen) atoms. The number of azo groups is 3. The molecule has 0 amide bonds. The minimum atomic E-state index is 0.0950. The first-order valence-electron chi connectivity index (χ1n) is 21.7. The van der Waals surface area contributed by atoms with Gasteiger partial charge in [-0.1, -0.05) is 173 Å². The summed E-state index contributed by atoms with van der Waals surface area (Å²) in [4.78, 5) is 0. The summed E-state index contributed by atoms with van der Waals surface area (Å²) in [6, 6.07) is 17.4. The van der Waals surface area contributed by atoms with Crippen molar-refractivity contribution in [3.8, 4) is 17.2 Å². The number of hydrogen-bond donors (Lipinski definition) is 3. The smallest absolute Gasteiger partial charge is 0.213 e. The molecule has 3 radical (unpaired) electrons. The minimum Gasteiger partial charge on any atom is -0.507 e. The highest BCUT2D eigenvalue weighted by Gasteiger charge is 2.16. The van der Waals surface area contributed by atoms with Gasteiger partial charge in [-0.05, 0) is 53.7 Å². The van der Waals surface area contributed by atoms with E-state index in [-0.39, 0.29) is 48.0 Å². The number of aromatic hydroxyl groups is 3. The summed E-state index contributed by atoms with van der Waals surface area (Å²) in [5, 5.41) is 60.1. The largest absolute Gasteiger partial charge is 0.507 e. The van der Waals surface area contributed by atoms with Crippen LogP contribution in [-0.4, -0.2) is 25.6 Å². The molecule has 9 nitrogen and oxygen atoms in total. The third-order valence-electron chi connectivity index (χ3n) is 11.2. The van der Waals surface area contributed by atoms with E-state index in [1.807, 2.05) is 54.6 Å². The number of phenols is 3. The number of hydrogen-bond acceptors (Lipinski definition) is 9. The zero-order chi connectivity index (χ0) is 41.4. The van der Waals surface area contributed by atoms with E-state index < -0.39 is 0 Å². The van der Waals surface area contributed by atoms with Crippen LogP contribution in [0.15, 0.2) is 96.4 Å². The van der Waals surface area contributed by atoms with Crippen molar-refractivity contribution in [2.45, 2.75) is 157 Å². The highest BCUT2D eigenvalue weighted by atomic mass is 28.1. The summed E-state index contributed by atoms with van der Waals surface area (Å²) >= 11 is 0. The van der Waals surface area contributed by atoms with Crippen molar-refractivity contribution in [1.82, 2.24) is 0 Å². The lowest BCUT2D eigenvalue weighted by Crippen LogP contribution is -2.04. The molecular weight excluding hydrogens is 725 g/mol. The Hall–Kier alpha value is -4.18. The van der Waals surface area contributed by atoms with Crippen LogP contribution < -0.4 is 0 Å². The Kier molecular flexibility index (Phi) is 22.1. The first kappa shape index (κ1) is 47.2. The molecular formula is C47H69N6O3Si. The number of phenolic OH excluding ortho intramolecular Hbond substituents is 3. The van der Waals surface area contributed by atoms with E-state index in [0.29, 0.717) is 34.4 Å².